The Kier molecular flexibility index (Phi) is 11.2. The molecule has 0 unspecified atom stereocenters. The number of hydrogen-bond acceptors (Lipinski definition) is 5. The molecule has 0 aliphatic heterocycles. The van der Waals surface area contributed by atoms with Crippen molar-refractivity contribution in [3.05, 3.63) is 12.2 Å². The number of carbonyl (C=O) groups is 1. The summed E-state index contributed by atoms with van der Waals surface area (Å²) in [6, 6.07) is 0. The highest BCUT2D eigenvalue weighted by atomic mass is 16.5. The average molecular weight is 385 g/mol. The number of aliphatic hydroxyl groups is 3. The predicted molar refractivity (Wildman–Crippen MR) is 107 cm³/mol. The Morgan fingerprint density at radius 2 is 1.81 bits per heavy atom. The highest BCUT2D eigenvalue weighted by Gasteiger charge is 2.41. The zero-order valence-corrected chi connectivity index (χ0v) is 17.4. The Morgan fingerprint density at radius 3 is 2.48 bits per heavy atom. The molecule has 1 aliphatic carbocycles. The first-order valence-corrected chi connectivity index (χ1v) is 10.6. The number of esters is 1. The van der Waals surface area contributed by atoms with Crippen LogP contribution in [0.3, 0.4) is 0 Å². The van der Waals surface area contributed by atoms with Crippen molar-refractivity contribution in [2.45, 2.75) is 102 Å². The fourth-order valence-electron chi connectivity index (χ4n) is 4.10. The van der Waals surface area contributed by atoms with Crippen LogP contribution in [0.25, 0.3) is 0 Å². The van der Waals surface area contributed by atoms with Gasteiger partial charge in [0.2, 0.25) is 0 Å². The standard InChI is InChI=1S/C22H40O5/c1-4-5-10-14-22(2,26)15-13-18-17(19(23)16-20(18)24)11-8-6-7-9-12-21(25)27-3/h6,8,17-20,23-24,26H,4-5,7,9-16H2,1-3H3/b8-6-/t17-,18-,19+,20-,22+/m1/s1. The second-order valence-corrected chi connectivity index (χ2v) is 8.37. The van der Waals surface area contributed by atoms with Crippen LogP contribution in [0.4, 0.5) is 0 Å². The van der Waals surface area contributed by atoms with Crippen LogP contribution in [0.1, 0.15) is 84.5 Å². The van der Waals surface area contributed by atoms with Crippen molar-refractivity contribution in [3.8, 4) is 0 Å². The van der Waals surface area contributed by atoms with Crippen LogP contribution in [0.5, 0.6) is 0 Å². The third-order valence-electron chi connectivity index (χ3n) is 5.91. The maximum Gasteiger partial charge on any atom is 0.305 e. The number of aliphatic hydroxyl groups excluding tert-OH is 2. The molecule has 0 amide bonds. The van der Waals surface area contributed by atoms with Crippen molar-refractivity contribution in [2.75, 3.05) is 7.11 Å². The molecule has 3 N–H and O–H groups in total. The van der Waals surface area contributed by atoms with Crippen molar-refractivity contribution in [1.29, 1.82) is 0 Å². The summed E-state index contributed by atoms with van der Waals surface area (Å²) in [5, 5.41) is 31.3. The molecule has 0 aromatic carbocycles. The van der Waals surface area contributed by atoms with Crippen LogP contribution in [0, 0.1) is 11.8 Å². The fraction of sp³-hybridized carbons (Fsp3) is 0.864. The van der Waals surface area contributed by atoms with E-state index in [4.69, 9.17) is 0 Å². The average Bonchev–Trinajstić information content (AvgIpc) is 2.89. The minimum Gasteiger partial charge on any atom is -0.469 e. The molecule has 27 heavy (non-hydrogen) atoms. The first-order chi connectivity index (χ1) is 12.8. The van der Waals surface area contributed by atoms with E-state index >= 15 is 0 Å². The van der Waals surface area contributed by atoms with E-state index in [1.165, 1.54) is 7.11 Å². The zero-order chi connectivity index (χ0) is 20.3. The summed E-state index contributed by atoms with van der Waals surface area (Å²) in [6.07, 6.45) is 11.7. The fourth-order valence-corrected chi connectivity index (χ4v) is 4.10. The van der Waals surface area contributed by atoms with E-state index < -0.39 is 17.8 Å². The summed E-state index contributed by atoms with van der Waals surface area (Å²) in [5.41, 5.74) is -0.698. The van der Waals surface area contributed by atoms with Gasteiger partial charge in [0.05, 0.1) is 24.9 Å². The summed E-state index contributed by atoms with van der Waals surface area (Å²) >= 11 is 0. The van der Waals surface area contributed by atoms with Crippen LogP contribution in [0.2, 0.25) is 0 Å². The Bertz CT molecular complexity index is 446. The first kappa shape index (κ1) is 24.1. The third kappa shape index (κ3) is 9.22. The molecule has 0 aromatic rings. The summed E-state index contributed by atoms with van der Waals surface area (Å²) in [5.74, 6) is -0.135. The Labute approximate surface area is 164 Å². The number of allylic oxidation sites excluding steroid dienone is 2. The van der Waals surface area contributed by atoms with E-state index in [0.29, 0.717) is 19.3 Å². The van der Waals surface area contributed by atoms with E-state index in [9.17, 15) is 20.1 Å². The predicted octanol–water partition coefficient (Wildman–Crippen LogP) is 3.75. The quantitative estimate of drug-likeness (QED) is 0.256. The molecule has 0 bridgehead atoms. The van der Waals surface area contributed by atoms with Crippen LogP contribution < -0.4 is 0 Å². The first-order valence-electron chi connectivity index (χ1n) is 10.6. The molecular weight excluding hydrogens is 344 g/mol. The van der Waals surface area contributed by atoms with Crippen LogP contribution >= 0.6 is 0 Å². The maximum absolute atomic E-state index is 11.1. The molecular formula is C22H40O5. The van der Waals surface area contributed by atoms with Gasteiger partial charge >= 0.3 is 5.97 Å². The van der Waals surface area contributed by atoms with Crippen molar-refractivity contribution < 1.29 is 24.9 Å². The lowest BCUT2D eigenvalue weighted by molar-refractivity contribution is -0.140. The lowest BCUT2D eigenvalue weighted by Gasteiger charge is -2.28. The molecule has 1 fully saturated rings. The molecule has 5 nitrogen and oxygen atoms in total. The van der Waals surface area contributed by atoms with Crippen LogP contribution in [-0.4, -0.2) is 46.2 Å². The van der Waals surface area contributed by atoms with Gasteiger partial charge in [-0.05, 0) is 63.7 Å². The molecule has 0 heterocycles. The minimum atomic E-state index is -0.698. The maximum atomic E-state index is 11.1. The molecule has 0 saturated heterocycles. The minimum absolute atomic E-state index is 0.0253. The second-order valence-electron chi connectivity index (χ2n) is 8.37. The second kappa shape index (κ2) is 12.5. The highest BCUT2D eigenvalue weighted by molar-refractivity contribution is 5.69. The smallest absolute Gasteiger partial charge is 0.305 e. The number of methoxy groups -OCH3 is 1. The molecule has 1 rings (SSSR count). The largest absolute Gasteiger partial charge is 0.469 e. The lowest BCUT2D eigenvalue weighted by atomic mass is 9.82. The molecule has 5 atom stereocenters. The topological polar surface area (TPSA) is 87.0 Å². The normalized spacial score (nSPS) is 27.8. The third-order valence-corrected chi connectivity index (χ3v) is 5.91. The van der Waals surface area contributed by atoms with Gasteiger partial charge in [0.15, 0.2) is 0 Å². The highest BCUT2D eigenvalue weighted by Crippen LogP contribution is 2.39. The van der Waals surface area contributed by atoms with Crippen molar-refractivity contribution in [3.63, 3.8) is 0 Å². The molecule has 1 saturated carbocycles. The Hall–Kier alpha value is -0.910. The van der Waals surface area contributed by atoms with E-state index in [1.807, 2.05) is 13.0 Å². The molecule has 0 radical (unpaired) electrons. The lowest BCUT2D eigenvalue weighted by Crippen LogP contribution is -2.28. The van der Waals surface area contributed by atoms with Gasteiger partial charge in [-0.2, -0.15) is 0 Å². The van der Waals surface area contributed by atoms with Crippen LogP contribution in [0.15, 0.2) is 12.2 Å². The van der Waals surface area contributed by atoms with Gasteiger partial charge in [-0.3, -0.25) is 4.79 Å². The number of carbonyl (C=O) groups excluding carboxylic acids is 1. The number of hydrogen-bond donors (Lipinski definition) is 3. The number of ether oxygens (including phenoxy) is 1. The number of unbranched alkanes of at least 4 members (excludes halogenated alkanes) is 3. The monoisotopic (exact) mass is 384 g/mol. The molecule has 1 aliphatic rings. The van der Waals surface area contributed by atoms with Gasteiger partial charge in [-0.25, -0.2) is 0 Å². The molecule has 0 aromatic heterocycles. The zero-order valence-electron chi connectivity index (χ0n) is 17.4. The van der Waals surface area contributed by atoms with Gasteiger partial charge in [-0.1, -0.05) is 38.3 Å². The van der Waals surface area contributed by atoms with Crippen LogP contribution in [-0.2, 0) is 9.53 Å². The van der Waals surface area contributed by atoms with Crippen molar-refractivity contribution >= 4 is 5.97 Å². The Morgan fingerprint density at radius 1 is 1.11 bits per heavy atom. The molecule has 5 heteroatoms. The molecule has 158 valence electrons. The van der Waals surface area contributed by atoms with Gasteiger partial charge in [0.1, 0.15) is 0 Å². The summed E-state index contributed by atoms with van der Waals surface area (Å²) in [4.78, 5) is 11.1. The van der Waals surface area contributed by atoms with Crippen molar-refractivity contribution in [2.24, 2.45) is 11.8 Å². The van der Waals surface area contributed by atoms with E-state index in [-0.39, 0.29) is 17.8 Å². The van der Waals surface area contributed by atoms with Gasteiger partial charge in [-0.15, -0.1) is 0 Å². The Balaban J connectivity index is 2.44. The van der Waals surface area contributed by atoms with E-state index in [1.54, 1.807) is 0 Å². The van der Waals surface area contributed by atoms with E-state index in [2.05, 4.69) is 17.7 Å². The SMILES string of the molecule is CCCCC[C@](C)(O)CC[C@@H]1[C@@H](C/C=C\CCCC(=O)OC)[C@@H](O)C[C@H]1O. The summed E-state index contributed by atoms with van der Waals surface area (Å²) < 4.78 is 4.62. The van der Waals surface area contributed by atoms with E-state index in [0.717, 1.165) is 51.4 Å². The van der Waals surface area contributed by atoms with Gasteiger partial charge in [0, 0.05) is 6.42 Å². The van der Waals surface area contributed by atoms with Gasteiger partial charge in [0.25, 0.3) is 0 Å². The summed E-state index contributed by atoms with van der Waals surface area (Å²) in [7, 11) is 1.40. The van der Waals surface area contributed by atoms with Gasteiger partial charge < -0.3 is 20.1 Å². The molecule has 0 spiro atoms. The van der Waals surface area contributed by atoms with Crippen molar-refractivity contribution in [1.82, 2.24) is 0 Å². The number of rotatable bonds is 13. The summed E-state index contributed by atoms with van der Waals surface area (Å²) in [6.45, 7) is 4.04.